The second-order valence-electron chi connectivity index (χ2n) is 3.81. The normalized spacial score (nSPS) is 10.6. The van der Waals surface area contributed by atoms with Crippen LogP contribution in [0.4, 0.5) is 0 Å². The summed E-state index contributed by atoms with van der Waals surface area (Å²) in [7, 11) is 0. The molecule has 4 heteroatoms. The molecule has 1 N–H and O–H groups in total. The van der Waals surface area contributed by atoms with Gasteiger partial charge in [0.05, 0.1) is 16.0 Å². The molecule has 3 rings (SSSR count). The van der Waals surface area contributed by atoms with Gasteiger partial charge in [0.1, 0.15) is 17.4 Å². The quantitative estimate of drug-likeness (QED) is 0.707. The molecule has 0 atom stereocenters. The van der Waals surface area contributed by atoms with E-state index in [2.05, 4.69) is 29.0 Å². The Labute approximate surface area is 102 Å². The summed E-state index contributed by atoms with van der Waals surface area (Å²) in [5, 5.41) is 9.02. The molecule has 2 aromatic heterocycles. The highest BCUT2D eigenvalue weighted by molar-refractivity contribution is 7.15. The summed E-state index contributed by atoms with van der Waals surface area (Å²) in [6, 6.07) is 11.9. The van der Waals surface area contributed by atoms with Crippen molar-refractivity contribution in [2.45, 2.75) is 6.92 Å². The monoisotopic (exact) mass is 239 g/mol. The molecule has 2 heterocycles. The molecule has 0 saturated heterocycles. The predicted molar refractivity (Wildman–Crippen MR) is 68.9 cm³/mol. The van der Waals surface area contributed by atoms with Crippen molar-refractivity contribution in [1.82, 2.24) is 9.97 Å². The van der Waals surface area contributed by atoms with E-state index in [0.717, 1.165) is 21.7 Å². The summed E-state index contributed by atoms with van der Waals surface area (Å²) in [6.07, 6.45) is 0. The Morgan fingerprint density at radius 2 is 2.18 bits per heavy atom. The SMILES string of the molecule is Cc1ccc(-c2nc3c(C#N)cccc3[nH]2)s1. The molecule has 0 fully saturated rings. The van der Waals surface area contributed by atoms with Crippen molar-refractivity contribution in [3.8, 4) is 16.8 Å². The Bertz CT molecular complexity index is 731. The molecule has 0 aliphatic heterocycles. The first kappa shape index (κ1) is 10.1. The van der Waals surface area contributed by atoms with Crippen LogP contribution in [-0.4, -0.2) is 9.97 Å². The molecule has 3 nitrogen and oxygen atoms in total. The van der Waals surface area contributed by atoms with E-state index in [9.17, 15) is 0 Å². The van der Waals surface area contributed by atoms with Gasteiger partial charge in [0.25, 0.3) is 0 Å². The van der Waals surface area contributed by atoms with Crippen molar-refractivity contribution in [3.63, 3.8) is 0 Å². The highest BCUT2D eigenvalue weighted by Gasteiger charge is 2.09. The number of aromatic amines is 1. The van der Waals surface area contributed by atoms with E-state index >= 15 is 0 Å². The molecule has 0 unspecified atom stereocenters. The number of H-pyrrole nitrogens is 1. The first-order chi connectivity index (χ1) is 8.28. The van der Waals surface area contributed by atoms with E-state index in [-0.39, 0.29) is 0 Å². The van der Waals surface area contributed by atoms with Gasteiger partial charge in [0, 0.05) is 4.88 Å². The lowest BCUT2D eigenvalue weighted by Crippen LogP contribution is -1.76. The molecule has 0 amide bonds. The summed E-state index contributed by atoms with van der Waals surface area (Å²) in [5.41, 5.74) is 2.26. The summed E-state index contributed by atoms with van der Waals surface area (Å²) >= 11 is 1.69. The summed E-state index contributed by atoms with van der Waals surface area (Å²) in [4.78, 5) is 10.1. The van der Waals surface area contributed by atoms with Crippen molar-refractivity contribution < 1.29 is 0 Å². The molecule has 0 aliphatic carbocycles. The Morgan fingerprint density at radius 1 is 1.29 bits per heavy atom. The smallest absolute Gasteiger partial charge is 0.148 e. The van der Waals surface area contributed by atoms with Gasteiger partial charge < -0.3 is 4.98 Å². The van der Waals surface area contributed by atoms with Gasteiger partial charge in [-0.25, -0.2) is 4.98 Å². The van der Waals surface area contributed by atoms with Gasteiger partial charge in [0.15, 0.2) is 0 Å². The summed E-state index contributed by atoms with van der Waals surface area (Å²) < 4.78 is 0. The van der Waals surface area contributed by atoms with E-state index < -0.39 is 0 Å². The third-order valence-electron chi connectivity index (χ3n) is 2.61. The van der Waals surface area contributed by atoms with Crippen molar-refractivity contribution >= 4 is 22.4 Å². The van der Waals surface area contributed by atoms with Gasteiger partial charge in [0.2, 0.25) is 0 Å². The second-order valence-corrected chi connectivity index (χ2v) is 5.10. The number of hydrogen-bond acceptors (Lipinski definition) is 3. The number of thiophene rings is 1. The van der Waals surface area contributed by atoms with Gasteiger partial charge in [-0.1, -0.05) is 6.07 Å². The van der Waals surface area contributed by atoms with Crippen LogP contribution >= 0.6 is 11.3 Å². The van der Waals surface area contributed by atoms with Crippen molar-refractivity contribution in [3.05, 3.63) is 40.8 Å². The average Bonchev–Trinajstić information content (AvgIpc) is 2.93. The number of nitriles is 1. The lowest BCUT2D eigenvalue weighted by molar-refractivity contribution is 1.36. The van der Waals surface area contributed by atoms with Crippen molar-refractivity contribution in [1.29, 1.82) is 5.26 Å². The van der Waals surface area contributed by atoms with Crippen LogP contribution in [0.3, 0.4) is 0 Å². The zero-order chi connectivity index (χ0) is 11.8. The van der Waals surface area contributed by atoms with Crippen LogP contribution in [-0.2, 0) is 0 Å². The average molecular weight is 239 g/mol. The maximum atomic E-state index is 9.02. The van der Waals surface area contributed by atoms with Crippen LogP contribution in [0.25, 0.3) is 21.7 Å². The number of fused-ring (bicyclic) bond motifs is 1. The van der Waals surface area contributed by atoms with Crippen LogP contribution in [0.2, 0.25) is 0 Å². The molecule has 82 valence electrons. The first-order valence-corrected chi connectivity index (χ1v) is 6.05. The number of rotatable bonds is 1. The van der Waals surface area contributed by atoms with E-state index in [1.54, 1.807) is 17.4 Å². The number of nitrogens with zero attached hydrogens (tertiary/aromatic N) is 2. The lowest BCUT2D eigenvalue weighted by Gasteiger charge is -1.88. The Hall–Kier alpha value is -2.12. The van der Waals surface area contributed by atoms with E-state index in [4.69, 9.17) is 5.26 Å². The standard InChI is InChI=1S/C13H9N3S/c1-8-5-6-11(17-8)13-15-10-4-2-3-9(7-14)12(10)16-13/h2-6H,1H3,(H,15,16). The Morgan fingerprint density at radius 3 is 2.88 bits per heavy atom. The molecule has 1 aromatic carbocycles. The fourth-order valence-electron chi connectivity index (χ4n) is 1.80. The topological polar surface area (TPSA) is 52.5 Å². The molecule has 17 heavy (non-hydrogen) atoms. The van der Waals surface area contributed by atoms with Gasteiger partial charge in [-0.3, -0.25) is 0 Å². The summed E-state index contributed by atoms with van der Waals surface area (Å²) in [5.74, 6) is 0.834. The molecule has 0 aliphatic rings. The number of nitrogens with one attached hydrogen (secondary N) is 1. The highest BCUT2D eigenvalue weighted by Crippen LogP contribution is 2.28. The van der Waals surface area contributed by atoms with Crippen molar-refractivity contribution in [2.24, 2.45) is 0 Å². The third-order valence-corrected chi connectivity index (χ3v) is 3.61. The number of benzene rings is 1. The van der Waals surface area contributed by atoms with Gasteiger partial charge >= 0.3 is 0 Å². The number of aryl methyl sites for hydroxylation is 1. The molecule has 3 aromatic rings. The minimum Gasteiger partial charge on any atom is -0.337 e. The van der Waals surface area contributed by atoms with Crippen LogP contribution in [0.15, 0.2) is 30.3 Å². The second kappa shape index (κ2) is 3.72. The fourth-order valence-corrected chi connectivity index (χ4v) is 2.61. The van der Waals surface area contributed by atoms with E-state index in [0.29, 0.717) is 5.56 Å². The molecular formula is C13H9N3S. The number of aromatic nitrogens is 2. The molecule has 0 bridgehead atoms. The third kappa shape index (κ3) is 1.61. The molecule has 0 spiro atoms. The minimum absolute atomic E-state index is 0.610. The predicted octanol–water partition coefficient (Wildman–Crippen LogP) is 3.47. The van der Waals surface area contributed by atoms with E-state index in [1.165, 1.54) is 4.88 Å². The van der Waals surface area contributed by atoms with Crippen LogP contribution in [0.5, 0.6) is 0 Å². The minimum atomic E-state index is 0.610. The Kier molecular flexibility index (Phi) is 2.20. The fraction of sp³-hybridized carbons (Fsp3) is 0.0769. The van der Waals surface area contributed by atoms with Gasteiger partial charge in [-0.05, 0) is 31.2 Å². The zero-order valence-electron chi connectivity index (χ0n) is 9.19. The number of hydrogen-bond donors (Lipinski definition) is 1. The zero-order valence-corrected chi connectivity index (χ0v) is 10.0. The Balaban J connectivity index is 2.24. The lowest BCUT2D eigenvalue weighted by atomic mass is 10.2. The van der Waals surface area contributed by atoms with Gasteiger partial charge in [-0.2, -0.15) is 5.26 Å². The van der Waals surface area contributed by atoms with Crippen molar-refractivity contribution in [2.75, 3.05) is 0 Å². The largest absolute Gasteiger partial charge is 0.337 e. The number of para-hydroxylation sites is 1. The summed E-state index contributed by atoms with van der Waals surface area (Å²) in [6.45, 7) is 2.07. The molecule has 0 saturated carbocycles. The van der Waals surface area contributed by atoms with E-state index in [1.807, 2.05) is 18.2 Å². The maximum absolute atomic E-state index is 9.02. The van der Waals surface area contributed by atoms with Crippen LogP contribution in [0, 0.1) is 18.3 Å². The maximum Gasteiger partial charge on any atom is 0.148 e. The first-order valence-electron chi connectivity index (χ1n) is 5.23. The number of imidazole rings is 1. The molecular weight excluding hydrogens is 230 g/mol. The van der Waals surface area contributed by atoms with Crippen LogP contribution in [0.1, 0.15) is 10.4 Å². The van der Waals surface area contributed by atoms with Gasteiger partial charge in [-0.15, -0.1) is 11.3 Å². The van der Waals surface area contributed by atoms with Crippen LogP contribution < -0.4 is 0 Å². The highest BCUT2D eigenvalue weighted by atomic mass is 32.1. The molecule has 0 radical (unpaired) electrons.